The smallest absolute Gasteiger partial charge is 0.258 e. The summed E-state index contributed by atoms with van der Waals surface area (Å²) in [5, 5.41) is 18.0. The predicted molar refractivity (Wildman–Crippen MR) is 125 cm³/mol. The normalized spacial score (nSPS) is 23.3. The summed E-state index contributed by atoms with van der Waals surface area (Å²) in [6.07, 6.45) is 0.646. The molecule has 1 aromatic carbocycles. The standard InChI is InChI=1S/C25H26F2N4O3S/c1-14(32)13-28-35(33,34)21-9-5-8-20(29-21)25-11-10-16(24(25,2)3)15-12-19(30-31-23(15)25)22-17(26)6-4-7-18(22)27/h4-9,12,14,16,28,32H,10-11,13H2,1-3H3/t14?,16-,25-/m0/s1. The lowest BCUT2D eigenvalue weighted by Gasteiger charge is -2.37. The monoisotopic (exact) mass is 500 g/mol. The van der Waals surface area contributed by atoms with Gasteiger partial charge in [-0.2, -0.15) is 5.10 Å². The molecule has 2 aromatic heterocycles. The minimum absolute atomic E-state index is 0.0389. The molecule has 1 saturated carbocycles. The predicted octanol–water partition coefficient (Wildman–Crippen LogP) is 3.68. The van der Waals surface area contributed by atoms with Crippen LogP contribution in [0.5, 0.6) is 0 Å². The van der Waals surface area contributed by atoms with Gasteiger partial charge < -0.3 is 5.11 Å². The maximum atomic E-state index is 14.4. The van der Waals surface area contributed by atoms with Crippen molar-refractivity contribution >= 4 is 10.0 Å². The number of rotatable bonds is 6. The first-order chi connectivity index (χ1) is 16.5. The summed E-state index contributed by atoms with van der Waals surface area (Å²) in [6.45, 7) is 5.53. The fourth-order valence-electron chi connectivity index (χ4n) is 5.86. The van der Waals surface area contributed by atoms with Crippen LogP contribution in [0.3, 0.4) is 0 Å². The van der Waals surface area contributed by atoms with E-state index in [0.29, 0.717) is 17.8 Å². The van der Waals surface area contributed by atoms with Crippen LogP contribution in [0.15, 0.2) is 47.5 Å². The molecule has 0 radical (unpaired) electrons. The molecular weight excluding hydrogens is 474 g/mol. The number of nitrogens with one attached hydrogen (secondary N) is 1. The number of hydrogen-bond donors (Lipinski definition) is 2. The number of benzene rings is 1. The van der Waals surface area contributed by atoms with E-state index < -0.39 is 38.6 Å². The van der Waals surface area contributed by atoms with Gasteiger partial charge in [-0.05, 0) is 67.0 Å². The second-order valence-electron chi connectivity index (χ2n) is 9.91. The highest BCUT2D eigenvalue weighted by Gasteiger charge is 2.65. The fourth-order valence-corrected chi connectivity index (χ4v) is 6.95. The number of aliphatic hydroxyl groups excluding tert-OH is 1. The van der Waals surface area contributed by atoms with Crippen LogP contribution in [0.25, 0.3) is 11.3 Å². The van der Waals surface area contributed by atoms with Gasteiger partial charge in [0.2, 0.25) is 0 Å². The van der Waals surface area contributed by atoms with E-state index in [2.05, 4.69) is 33.8 Å². The average molecular weight is 501 g/mol. The Morgan fingerprint density at radius 2 is 1.83 bits per heavy atom. The zero-order valence-electron chi connectivity index (χ0n) is 19.6. The summed E-state index contributed by atoms with van der Waals surface area (Å²) in [4.78, 5) is 4.56. The molecule has 0 saturated heterocycles. The van der Waals surface area contributed by atoms with Crippen molar-refractivity contribution in [1.29, 1.82) is 0 Å². The zero-order valence-corrected chi connectivity index (χ0v) is 20.4. The molecule has 10 heteroatoms. The second kappa shape index (κ2) is 8.11. The van der Waals surface area contributed by atoms with Gasteiger partial charge in [0.05, 0.1) is 34.2 Å². The Balaban J connectivity index is 1.63. The van der Waals surface area contributed by atoms with Crippen LogP contribution in [-0.2, 0) is 15.4 Å². The molecule has 0 spiro atoms. The Morgan fingerprint density at radius 1 is 1.14 bits per heavy atom. The van der Waals surface area contributed by atoms with Gasteiger partial charge >= 0.3 is 0 Å². The summed E-state index contributed by atoms with van der Waals surface area (Å²) in [5.74, 6) is -1.38. The Kier molecular flexibility index (Phi) is 5.54. The zero-order chi connectivity index (χ0) is 25.2. The third-order valence-corrected chi connectivity index (χ3v) is 8.93. The van der Waals surface area contributed by atoms with Crippen LogP contribution in [0.1, 0.15) is 56.5 Å². The maximum Gasteiger partial charge on any atom is 0.258 e. The van der Waals surface area contributed by atoms with Crippen LogP contribution in [-0.4, -0.2) is 41.4 Å². The molecule has 0 amide bonds. The van der Waals surface area contributed by atoms with Gasteiger partial charge in [0, 0.05) is 6.54 Å². The number of sulfonamides is 1. The Hall–Kier alpha value is -2.82. The maximum absolute atomic E-state index is 14.4. The summed E-state index contributed by atoms with van der Waals surface area (Å²) in [7, 11) is -3.94. The summed E-state index contributed by atoms with van der Waals surface area (Å²) < 4.78 is 56.8. The van der Waals surface area contributed by atoms with Crippen molar-refractivity contribution in [3.8, 4) is 11.3 Å². The van der Waals surface area contributed by atoms with E-state index in [1.807, 2.05) is 0 Å². The first-order valence-corrected chi connectivity index (χ1v) is 12.9. The quantitative estimate of drug-likeness (QED) is 0.535. The van der Waals surface area contributed by atoms with Crippen molar-refractivity contribution in [2.24, 2.45) is 5.41 Å². The van der Waals surface area contributed by atoms with Crippen molar-refractivity contribution in [2.45, 2.75) is 56.1 Å². The number of nitrogens with zero attached hydrogens (tertiary/aromatic N) is 3. The van der Waals surface area contributed by atoms with Crippen molar-refractivity contribution in [1.82, 2.24) is 19.9 Å². The SMILES string of the molecule is CC(O)CNS(=O)(=O)c1cccc([C@@]23CC[C@@H](c4cc(-c5c(F)cccc5F)nnc42)C3(C)C)n1. The van der Waals surface area contributed by atoms with Crippen molar-refractivity contribution < 1.29 is 22.3 Å². The van der Waals surface area contributed by atoms with Crippen molar-refractivity contribution in [3.63, 3.8) is 0 Å². The lowest BCUT2D eigenvalue weighted by atomic mass is 9.66. The average Bonchev–Trinajstić information content (AvgIpc) is 3.19. The van der Waals surface area contributed by atoms with E-state index in [1.165, 1.54) is 31.2 Å². The molecule has 184 valence electrons. The van der Waals surface area contributed by atoms with E-state index in [1.54, 1.807) is 18.2 Å². The summed E-state index contributed by atoms with van der Waals surface area (Å²) in [5.41, 5.74) is 0.899. The van der Waals surface area contributed by atoms with Crippen LogP contribution in [0.4, 0.5) is 8.78 Å². The van der Waals surface area contributed by atoms with Gasteiger partial charge in [-0.25, -0.2) is 26.9 Å². The number of hydrogen-bond acceptors (Lipinski definition) is 6. The highest BCUT2D eigenvalue weighted by Crippen LogP contribution is 2.69. The van der Waals surface area contributed by atoms with E-state index >= 15 is 0 Å². The molecule has 1 unspecified atom stereocenters. The molecule has 0 aliphatic heterocycles. The molecule has 35 heavy (non-hydrogen) atoms. The number of aromatic nitrogens is 3. The van der Waals surface area contributed by atoms with Crippen LogP contribution < -0.4 is 4.72 Å². The molecule has 3 atom stereocenters. The topological polar surface area (TPSA) is 105 Å². The Labute approximate surface area is 202 Å². The third-order valence-electron chi connectivity index (χ3n) is 7.61. The second-order valence-corrected chi connectivity index (χ2v) is 11.6. The molecular formula is C25H26F2N4O3S. The van der Waals surface area contributed by atoms with E-state index in [9.17, 15) is 22.3 Å². The third kappa shape index (κ3) is 3.49. The molecule has 2 heterocycles. The van der Waals surface area contributed by atoms with Crippen LogP contribution in [0, 0.1) is 17.0 Å². The lowest BCUT2D eigenvalue weighted by molar-refractivity contribution is 0.198. The number of pyridine rings is 1. The molecule has 5 rings (SSSR count). The number of halogens is 2. The molecule has 7 nitrogen and oxygen atoms in total. The van der Waals surface area contributed by atoms with Gasteiger partial charge in [-0.3, -0.25) is 0 Å². The number of fused-ring (bicyclic) bond motifs is 5. The largest absolute Gasteiger partial charge is 0.392 e. The Bertz CT molecular complexity index is 1410. The molecule has 2 bridgehead atoms. The van der Waals surface area contributed by atoms with Gasteiger partial charge in [0.15, 0.2) is 5.03 Å². The van der Waals surface area contributed by atoms with Gasteiger partial charge in [-0.1, -0.05) is 26.0 Å². The van der Waals surface area contributed by atoms with Gasteiger partial charge in [-0.15, -0.1) is 5.10 Å². The minimum Gasteiger partial charge on any atom is -0.392 e. The highest BCUT2D eigenvalue weighted by molar-refractivity contribution is 7.89. The molecule has 2 aliphatic rings. The fraction of sp³-hybridized carbons (Fsp3) is 0.400. The minimum atomic E-state index is -3.94. The molecule has 2 aliphatic carbocycles. The van der Waals surface area contributed by atoms with Crippen molar-refractivity contribution in [2.75, 3.05) is 6.54 Å². The first kappa shape index (κ1) is 23.9. The Morgan fingerprint density at radius 3 is 2.51 bits per heavy atom. The van der Waals surface area contributed by atoms with E-state index in [4.69, 9.17) is 0 Å². The molecule has 3 aromatic rings. The lowest BCUT2D eigenvalue weighted by Crippen LogP contribution is -2.38. The molecule has 2 N–H and O–H groups in total. The van der Waals surface area contributed by atoms with Crippen molar-refractivity contribution in [3.05, 3.63) is 71.1 Å². The number of aliphatic hydroxyl groups is 1. The van der Waals surface area contributed by atoms with Crippen LogP contribution >= 0.6 is 0 Å². The molecule has 1 fully saturated rings. The van der Waals surface area contributed by atoms with Gasteiger partial charge in [0.1, 0.15) is 11.6 Å². The first-order valence-electron chi connectivity index (χ1n) is 11.5. The van der Waals surface area contributed by atoms with E-state index in [0.717, 1.165) is 12.0 Å². The van der Waals surface area contributed by atoms with Crippen LogP contribution in [0.2, 0.25) is 0 Å². The highest BCUT2D eigenvalue weighted by atomic mass is 32.2. The summed E-state index contributed by atoms with van der Waals surface area (Å²) in [6, 6.07) is 10.2. The van der Waals surface area contributed by atoms with Gasteiger partial charge in [0.25, 0.3) is 10.0 Å². The summed E-state index contributed by atoms with van der Waals surface area (Å²) >= 11 is 0. The van der Waals surface area contributed by atoms with E-state index in [-0.39, 0.29) is 28.7 Å².